The molecule has 0 aromatic carbocycles. The average Bonchev–Trinajstić information content (AvgIpc) is 2.81. The first kappa shape index (κ1) is 14.7. The molecule has 2 aliphatic rings. The fraction of sp³-hybridized carbons (Fsp3) is 0.733. The molecule has 7 unspecified atom stereocenters. The van der Waals surface area contributed by atoms with E-state index in [1.54, 1.807) is 0 Å². The number of nitriles is 2. The molecule has 0 saturated heterocycles. The van der Waals surface area contributed by atoms with Gasteiger partial charge in [0, 0.05) is 5.38 Å². The molecule has 0 radical (unpaired) electrons. The number of nitrogens with zero attached hydrogens (tertiary/aromatic N) is 4. The van der Waals surface area contributed by atoms with Crippen LogP contribution in [0, 0.1) is 59.5 Å². The zero-order chi connectivity index (χ0) is 14.7. The highest BCUT2D eigenvalue weighted by atomic mass is 35.5. The number of halogens is 1. The molecule has 102 valence electrons. The van der Waals surface area contributed by atoms with Crippen LogP contribution in [0.1, 0.15) is 25.7 Å². The summed E-state index contributed by atoms with van der Waals surface area (Å²) in [7, 11) is 0. The van der Waals surface area contributed by atoms with E-state index in [4.69, 9.17) is 35.3 Å². The zero-order valence-corrected chi connectivity index (χ0v) is 11.8. The smallest absolute Gasteiger partial charge is 0.297 e. The minimum atomic E-state index is -0.667. The van der Waals surface area contributed by atoms with Crippen molar-refractivity contribution in [3.05, 3.63) is 22.8 Å². The molecule has 4 nitrogen and oxygen atoms in total. The maximum absolute atomic E-state index is 9.16. The van der Waals surface area contributed by atoms with Crippen molar-refractivity contribution in [2.75, 3.05) is 0 Å². The summed E-state index contributed by atoms with van der Waals surface area (Å²) >= 11 is 6.25. The standard InChI is InChI=1S/C15H15ClN4/c1-19-14(7-17)12-6-13(15(8-18)20-2)11-5-9(16)3-4-10(11)12/h9-15H,3-6H2. The van der Waals surface area contributed by atoms with Crippen molar-refractivity contribution in [3.63, 3.8) is 0 Å². The predicted molar refractivity (Wildman–Crippen MR) is 74.1 cm³/mol. The van der Waals surface area contributed by atoms with E-state index in [9.17, 15) is 0 Å². The summed E-state index contributed by atoms with van der Waals surface area (Å²) in [6, 6.07) is 2.85. The lowest BCUT2D eigenvalue weighted by atomic mass is 9.73. The highest BCUT2D eigenvalue weighted by Gasteiger charge is 2.54. The Morgan fingerprint density at radius 1 is 0.950 bits per heavy atom. The Kier molecular flexibility index (Phi) is 4.49. The van der Waals surface area contributed by atoms with E-state index in [-0.39, 0.29) is 29.0 Å². The summed E-state index contributed by atoms with van der Waals surface area (Å²) in [6.07, 6.45) is 3.25. The Bertz CT molecular complexity index is 504. The van der Waals surface area contributed by atoms with Crippen molar-refractivity contribution < 1.29 is 0 Å². The molecule has 2 saturated carbocycles. The van der Waals surface area contributed by atoms with Gasteiger partial charge in [0.15, 0.2) is 12.1 Å². The van der Waals surface area contributed by atoms with Gasteiger partial charge in [0.05, 0.1) is 11.8 Å². The molecule has 0 aromatic heterocycles. The molecule has 0 heterocycles. The van der Waals surface area contributed by atoms with Crippen LogP contribution in [0.25, 0.3) is 9.69 Å². The van der Waals surface area contributed by atoms with Gasteiger partial charge in [-0.3, -0.25) is 9.69 Å². The normalized spacial score (nSPS) is 38.4. The second-order valence-electron chi connectivity index (χ2n) is 5.71. The van der Waals surface area contributed by atoms with Crippen molar-refractivity contribution in [2.45, 2.75) is 43.1 Å². The molecule has 20 heavy (non-hydrogen) atoms. The second-order valence-corrected chi connectivity index (χ2v) is 6.32. The number of rotatable bonds is 2. The van der Waals surface area contributed by atoms with Gasteiger partial charge in [-0.1, -0.05) is 0 Å². The minimum Gasteiger partial charge on any atom is -0.297 e. The Morgan fingerprint density at radius 2 is 1.50 bits per heavy atom. The number of hydrogen-bond donors (Lipinski definition) is 0. The molecule has 0 spiro atoms. The van der Waals surface area contributed by atoms with Gasteiger partial charge in [-0.15, -0.1) is 11.6 Å². The molecule has 7 atom stereocenters. The van der Waals surface area contributed by atoms with Crippen molar-refractivity contribution in [2.24, 2.45) is 23.7 Å². The molecule has 0 aromatic rings. The van der Waals surface area contributed by atoms with E-state index in [1.165, 1.54) is 0 Å². The van der Waals surface area contributed by atoms with Crippen molar-refractivity contribution in [1.82, 2.24) is 0 Å². The predicted octanol–water partition coefficient (Wildman–Crippen LogP) is 3.27. The fourth-order valence-corrected chi connectivity index (χ4v) is 4.36. The fourth-order valence-electron chi connectivity index (χ4n) is 4.03. The Balaban J connectivity index is 2.29. The molecule has 2 fully saturated rings. The van der Waals surface area contributed by atoms with Crippen LogP contribution in [0.15, 0.2) is 0 Å². The number of hydrogen-bond acceptors (Lipinski definition) is 2. The molecule has 0 aliphatic heterocycles. The van der Waals surface area contributed by atoms with Crippen molar-refractivity contribution >= 4 is 11.6 Å². The SMILES string of the molecule is [C-]#[N+]C(C#N)C1CC(C(C#N)[N+]#[C-])C2CC(Cl)CCC12. The summed E-state index contributed by atoms with van der Waals surface area (Å²) in [5.41, 5.74) is 0. The third-order valence-electron chi connectivity index (χ3n) is 4.89. The van der Waals surface area contributed by atoms with Gasteiger partial charge < -0.3 is 0 Å². The first-order valence-corrected chi connectivity index (χ1v) is 7.26. The van der Waals surface area contributed by atoms with Gasteiger partial charge in [-0.2, -0.15) is 10.5 Å². The van der Waals surface area contributed by atoms with Gasteiger partial charge in [-0.05, 0) is 37.5 Å². The van der Waals surface area contributed by atoms with Crippen LogP contribution < -0.4 is 0 Å². The molecular weight excluding hydrogens is 272 g/mol. The van der Waals surface area contributed by atoms with Crippen molar-refractivity contribution in [3.8, 4) is 12.1 Å². The lowest BCUT2D eigenvalue weighted by molar-refractivity contribution is 0.203. The van der Waals surface area contributed by atoms with E-state index in [0.717, 1.165) is 19.3 Å². The minimum absolute atomic E-state index is 0.00531. The van der Waals surface area contributed by atoms with Crippen LogP contribution in [0.5, 0.6) is 0 Å². The van der Waals surface area contributed by atoms with E-state index in [1.807, 2.05) is 0 Å². The quantitative estimate of drug-likeness (QED) is 0.578. The molecule has 5 heteroatoms. The van der Waals surface area contributed by atoms with E-state index in [2.05, 4.69) is 21.8 Å². The summed E-state index contributed by atoms with van der Waals surface area (Å²) in [5.74, 6) is 0.444. The van der Waals surface area contributed by atoms with Gasteiger partial charge in [-0.25, -0.2) is 13.1 Å². The highest BCUT2D eigenvalue weighted by Crippen LogP contribution is 2.53. The molecule has 2 aliphatic carbocycles. The summed E-state index contributed by atoms with van der Waals surface area (Å²) in [5, 5.41) is 18.4. The molecule has 0 bridgehead atoms. The number of alkyl halides is 1. The van der Waals surface area contributed by atoms with E-state index >= 15 is 0 Å². The van der Waals surface area contributed by atoms with Gasteiger partial charge >= 0.3 is 12.1 Å². The van der Waals surface area contributed by atoms with Gasteiger partial charge in [0.25, 0.3) is 0 Å². The Morgan fingerprint density at radius 3 is 2.00 bits per heavy atom. The average molecular weight is 287 g/mol. The van der Waals surface area contributed by atoms with Gasteiger partial charge in [0.1, 0.15) is 0 Å². The maximum Gasteiger partial charge on any atom is 0.310 e. The molecule has 2 rings (SSSR count). The summed E-state index contributed by atoms with van der Waals surface area (Å²) < 4.78 is 0. The summed E-state index contributed by atoms with van der Waals surface area (Å²) in [4.78, 5) is 6.87. The first-order valence-electron chi connectivity index (χ1n) is 6.82. The topological polar surface area (TPSA) is 56.3 Å². The highest BCUT2D eigenvalue weighted by molar-refractivity contribution is 6.20. The van der Waals surface area contributed by atoms with E-state index < -0.39 is 12.1 Å². The van der Waals surface area contributed by atoms with Crippen LogP contribution in [-0.2, 0) is 0 Å². The third-order valence-corrected chi connectivity index (χ3v) is 5.29. The molecule has 0 amide bonds. The Labute approximate surface area is 124 Å². The maximum atomic E-state index is 9.16. The molecular formula is C15H15ClN4. The lowest BCUT2D eigenvalue weighted by Crippen LogP contribution is -2.31. The summed E-state index contributed by atoms with van der Waals surface area (Å²) in [6.45, 7) is 14.4. The zero-order valence-electron chi connectivity index (χ0n) is 11.0. The first-order chi connectivity index (χ1) is 9.65. The third kappa shape index (κ3) is 2.45. The lowest BCUT2D eigenvalue weighted by Gasteiger charge is -2.32. The number of fused-ring (bicyclic) bond motifs is 1. The van der Waals surface area contributed by atoms with Crippen LogP contribution >= 0.6 is 11.6 Å². The Hall–Kier alpha value is -1.75. The van der Waals surface area contributed by atoms with Crippen LogP contribution in [0.3, 0.4) is 0 Å². The van der Waals surface area contributed by atoms with Crippen LogP contribution in [0.2, 0.25) is 0 Å². The van der Waals surface area contributed by atoms with Gasteiger partial charge in [0.2, 0.25) is 0 Å². The van der Waals surface area contributed by atoms with Crippen LogP contribution in [-0.4, -0.2) is 17.5 Å². The largest absolute Gasteiger partial charge is 0.310 e. The van der Waals surface area contributed by atoms with Crippen LogP contribution in [0.4, 0.5) is 0 Å². The van der Waals surface area contributed by atoms with E-state index in [0.29, 0.717) is 6.42 Å². The van der Waals surface area contributed by atoms with Crippen molar-refractivity contribution in [1.29, 1.82) is 10.5 Å². The second kappa shape index (κ2) is 6.13. The monoisotopic (exact) mass is 286 g/mol. The molecule has 0 N–H and O–H groups in total.